The number of anilines is 1. The van der Waals surface area contributed by atoms with Gasteiger partial charge in [-0.1, -0.05) is 48.9 Å². The van der Waals surface area contributed by atoms with Gasteiger partial charge in [0.25, 0.3) is 0 Å². The number of halogens is 2. The van der Waals surface area contributed by atoms with Crippen molar-refractivity contribution < 1.29 is 0 Å². The van der Waals surface area contributed by atoms with Gasteiger partial charge in [-0.2, -0.15) is 0 Å². The predicted molar refractivity (Wildman–Crippen MR) is 92.0 cm³/mol. The lowest BCUT2D eigenvalue weighted by Crippen LogP contribution is -2.21. The van der Waals surface area contributed by atoms with Gasteiger partial charge in [0.05, 0.1) is 10.7 Å². The van der Waals surface area contributed by atoms with Crippen LogP contribution in [-0.4, -0.2) is 6.04 Å². The van der Waals surface area contributed by atoms with Gasteiger partial charge in [0.15, 0.2) is 0 Å². The molecule has 0 aliphatic rings. The van der Waals surface area contributed by atoms with Crippen LogP contribution in [0.15, 0.2) is 48.5 Å². The van der Waals surface area contributed by atoms with Crippen LogP contribution in [0.5, 0.6) is 0 Å². The first-order chi connectivity index (χ1) is 9.19. The van der Waals surface area contributed by atoms with Crippen LogP contribution in [0.3, 0.4) is 0 Å². The molecule has 0 aromatic heterocycles. The maximum Gasteiger partial charge on any atom is 0.0648 e. The van der Waals surface area contributed by atoms with Crippen molar-refractivity contribution in [2.24, 2.45) is 0 Å². The second-order valence-corrected chi connectivity index (χ2v) is 6.22. The Morgan fingerprint density at radius 2 is 1.89 bits per heavy atom. The van der Waals surface area contributed by atoms with Crippen LogP contribution in [0.4, 0.5) is 5.69 Å². The molecular formula is C16H17ClIN. The van der Waals surface area contributed by atoms with Gasteiger partial charge in [-0.15, -0.1) is 0 Å². The Morgan fingerprint density at radius 1 is 1.16 bits per heavy atom. The molecule has 0 aliphatic carbocycles. The lowest BCUT2D eigenvalue weighted by molar-refractivity contribution is 0.690. The fourth-order valence-corrected chi connectivity index (χ4v) is 2.93. The average Bonchev–Trinajstić information content (AvgIpc) is 2.42. The van der Waals surface area contributed by atoms with E-state index in [1.807, 2.05) is 12.1 Å². The van der Waals surface area contributed by atoms with Crippen molar-refractivity contribution in [3.05, 3.63) is 62.7 Å². The molecule has 0 saturated carbocycles. The monoisotopic (exact) mass is 385 g/mol. The summed E-state index contributed by atoms with van der Waals surface area (Å²) < 4.78 is 1.16. The smallest absolute Gasteiger partial charge is 0.0648 e. The van der Waals surface area contributed by atoms with Crippen molar-refractivity contribution in [2.75, 3.05) is 5.32 Å². The Bertz CT molecular complexity index is 528. The molecule has 1 unspecified atom stereocenters. The van der Waals surface area contributed by atoms with E-state index >= 15 is 0 Å². The summed E-state index contributed by atoms with van der Waals surface area (Å²) in [5, 5.41) is 4.33. The molecule has 100 valence electrons. The van der Waals surface area contributed by atoms with Crippen molar-refractivity contribution >= 4 is 39.9 Å². The molecule has 0 aliphatic heterocycles. The zero-order valence-corrected chi connectivity index (χ0v) is 13.8. The summed E-state index contributed by atoms with van der Waals surface area (Å²) in [5.41, 5.74) is 2.37. The van der Waals surface area contributed by atoms with Gasteiger partial charge < -0.3 is 5.32 Å². The van der Waals surface area contributed by atoms with Crippen molar-refractivity contribution in [2.45, 2.75) is 25.8 Å². The van der Waals surface area contributed by atoms with Crippen molar-refractivity contribution in [3.63, 3.8) is 0 Å². The normalized spacial score (nSPS) is 12.2. The van der Waals surface area contributed by atoms with Gasteiger partial charge in [0, 0.05) is 9.61 Å². The van der Waals surface area contributed by atoms with Crippen LogP contribution in [0.25, 0.3) is 0 Å². The number of hydrogen-bond acceptors (Lipinski definition) is 1. The highest BCUT2D eigenvalue weighted by Gasteiger charge is 2.09. The Kier molecular flexibility index (Phi) is 5.52. The van der Waals surface area contributed by atoms with Gasteiger partial charge in [-0.3, -0.25) is 0 Å². The Labute approximate surface area is 133 Å². The van der Waals surface area contributed by atoms with Crippen LogP contribution < -0.4 is 5.32 Å². The quantitative estimate of drug-likeness (QED) is 0.682. The van der Waals surface area contributed by atoms with E-state index < -0.39 is 0 Å². The topological polar surface area (TPSA) is 12.0 Å². The minimum Gasteiger partial charge on any atom is -0.381 e. The minimum atomic E-state index is 0.403. The third-order valence-electron chi connectivity index (χ3n) is 3.11. The second-order valence-electron chi connectivity index (χ2n) is 4.56. The maximum atomic E-state index is 6.27. The summed E-state index contributed by atoms with van der Waals surface area (Å²) >= 11 is 8.54. The van der Waals surface area contributed by atoms with E-state index in [0.717, 1.165) is 27.1 Å². The fraction of sp³-hybridized carbons (Fsp3) is 0.250. The first kappa shape index (κ1) is 14.7. The largest absolute Gasteiger partial charge is 0.381 e. The standard InChI is InChI=1S/C16H17ClIN/c1-2-14(10-12-6-4-3-5-7-12)19-16-9-8-13(18)11-15(16)17/h3-9,11,14,19H,2,10H2,1H3. The summed E-state index contributed by atoms with van der Waals surface area (Å²) in [6, 6.07) is 17.1. The number of benzene rings is 2. The van der Waals surface area contributed by atoms with E-state index in [-0.39, 0.29) is 0 Å². The van der Waals surface area contributed by atoms with Gasteiger partial charge >= 0.3 is 0 Å². The lowest BCUT2D eigenvalue weighted by atomic mass is 10.0. The Morgan fingerprint density at radius 3 is 2.53 bits per heavy atom. The Hall–Kier alpha value is -0.740. The average molecular weight is 386 g/mol. The van der Waals surface area contributed by atoms with Crippen LogP contribution in [0, 0.1) is 3.57 Å². The third-order valence-corrected chi connectivity index (χ3v) is 4.09. The van der Waals surface area contributed by atoms with Crippen molar-refractivity contribution in [3.8, 4) is 0 Å². The molecule has 2 aromatic rings. The SMILES string of the molecule is CCC(Cc1ccccc1)Nc1ccc(I)cc1Cl. The van der Waals surface area contributed by atoms with Crippen molar-refractivity contribution in [1.29, 1.82) is 0 Å². The van der Waals surface area contributed by atoms with Crippen LogP contribution in [-0.2, 0) is 6.42 Å². The van der Waals surface area contributed by atoms with E-state index in [0.29, 0.717) is 6.04 Å². The molecule has 1 N–H and O–H groups in total. The predicted octanol–water partition coefficient (Wildman–Crippen LogP) is 5.38. The van der Waals surface area contributed by atoms with Crippen LogP contribution in [0.1, 0.15) is 18.9 Å². The molecule has 2 aromatic carbocycles. The highest BCUT2D eigenvalue weighted by Crippen LogP contribution is 2.25. The summed E-state index contributed by atoms with van der Waals surface area (Å²) in [7, 11) is 0. The van der Waals surface area contributed by atoms with Gasteiger partial charge in [0.1, 0.15) is 0 Å². The molecule has 0 radical (unpaired) electrons. The summed E-state index contributed by atoms with van der Waals surface area (Å²) in [5.74, 6) is 0. The molecule has 0 fully saturated rings. The van der Waals surface area contributed by atoms with Gasteiger partial charge in [-0.05, 0) is 59.2 Å². The van der Waals surface area contributed by atoms with Crippen LogP contribution in [0.2, 0.25) is 5.02 Å². The number of nitrogens with one attached hydrogen (secondary N) is 1. The molecule has 19 heavy (non-hydrogen) atoms. The highest BCUT2D eigenvalue weighted by molar-refractivity contribution is 14.1. The Balaban J connectivity index is 2.06. The third kappa shape index (κ3) is 4.39. The molecule has 0 spiro atoms. The fourth-order valence-electron chi connectivity index (χ4n) is 2.02. The lowest BCUT2D eigenvalue weighted by Gasteiger charge is -2.19. The molecular weight excluding hydrogens is 369 g/mol. The van der Waals surface area contributed by atoms with E-state index in [1.54, 1.807) is 0 Å². The minimum absolute atomic E-state index is 0.403. The van der Waals surface area contributed by atoms with E-state index in [1.165, 1.54) is 5.56 Å². The molecule has 1 nitrogen and oxygen atoms in total. The van der Waals surface area contributed by atoms with E-state index in [2.05, 4.69) is 71.2 Å². The van der Waals surface area contributed by atoms with Crippen LogP contribution >= 0.6 is 34.2 Å². The number of hydrogen-bond donors (Lipinski definition) is 1. The van der Waals surface area contributed by atoms with E-state index in [4.69, 9.17) is 11.6 Å². The molecule has 2 rings (SSSR count). The number of rotatable bonds is 5. The molecule has 0 bridgehead atoms. The maximum absolute atomic E-state index is 6.27. The molecule has 0 amide bonds. The first-order valence-electron chi connectivity index (χ1n) is 6.44. The molecule has 1 atom stereocenters. The summed E-state index contributed by atoms with van der Waals surface area (Å²) in [6.45, 7) is 2.20. The molecule has 0 heterocycles. The second kappa shape index (κ2) is 7.15. The summed E-state index contributed by atoms with van der Waals surface area (Å²) in [4.78, 5) is 0. The van der Waals surface area contributed by atoms with Gasteiger partial charge in [0.2, 0.25) is 0 Å². The summed E-state index contributed by atoms with van der Waals surface area (Å²) in [6.07, 6.45) is 2.08. The molecule has 0 saturated heterocycles. The highest BCUT2D eigenvalue weighted by atomic mass is 127. The first-order valence-corrected chi connectivity index (χ1v) is 7.90. The van der Waals surface area contributed by atoms with Gasteiger partial charge in [-0.25, -0.2) is 0 Å². The zero-order chi connectivity index (χ0) is 13.7. The van der Waals surface area contributed by atoms with Crippen molar-refractivity contribution in [1.82, 2.24) is 0 Å². The van der Waals surface area contributed by atoms with E-state index in [9.17, 15) is 0 Å². The molecule has 3 heteroatoms. The zero-order valence-electron chi connectivity index (χ0n) is 10.9.